The SMILES string of the molecule is [H-].[H-].[Mg+2].[O]=[Cr](=[O])([OH])[OH]. The minimum absolute atomic E-state index is 0. The summed E-state index contributed by atoms with van der Waals surface area (Å²) >= 11 is -5.25. The fraction of sp³-hybridized carbons (Fsp3) is 0. The molecule has 0 saturated heterocycles. The van der Waals surface area contributed by atoms with E-state index in [1.165, 1.54) is 0 Å². The van der Waals surface area contributed by atoms with Crippen molar-refractivity contribution in [3.63, 3.8) is 0 Å². The molecule has 0 aromatic rings. The van der Waals surface area contributed by atoms with E-state index in [4.69, 9.17) is 15.9 Å². The van der Waals surface area contributed by atoms with Crippen molar-refractivity contribution in [3.05, 3.63) is 0 Å². The van der Waals surface area contributed by atoms with E-state index in [9.17, 15) is 0 Å². The normalized spacial score (nSPS) is 9.67. The van der Waals surface area contributed by atoms with Crippen molar-refractivity contribution in [1.82, 2.24) is 0 Å². The topological polar surface area (TPSA) is 74.6 Å². The molecule has 6 heavy (non-hydrogen) atoms. The summed E-state index contributed by atoms with van der Waals surface area (Å²) in [6.07, 6.45) is 0. The molecular weight excluding hydrogens is 140 g/mol. The van der Waals surface area contributed by atoms with E-state index in [-0.39, 0.29) is 25.9 Å². The Hall–Kier alpha value is 0.819. The maximum atomic E-state index is 8.82. The van der Waals surface area contributed by atoms with E-state index >= 15 is 0 Å². The van der Waals surface area contributed by atoms with E-state index < -0.39 is 13.6 Å². The van der Waals surface area contributed by atoms with Gasteiger partial charge in [-0.2, -0.15) is 0 Å². The molecular formula is H4CrMgO4. The van der Waals surface area contributed by atoms with E-state index in [0.717, 1.165) is 0 Å². The Morgan fingerprint density at radius 1 is 1.33 bits per heavy atom. The van der Waals surface area contributed by atoms with Crippen molar-refractivity contribution in [2.45, 2.75) is 0 Å². The van der Waals surface area contributed by atoms with Crippen LogP contribution in [0.5, 0.6) is 0 Å². The summed E-state index contributed by atoms with van der Waals surface area (Å²) in [5.41, 5.74) is 0. The first-order valence-corrected chi connectivity index (χ1v) is 2.88. The van der Waals surface area contributed by atoms with Crippen molar-refractivity contribution in [2.24, 2.45) is 0 Å². The van der Waals surface area contributed by atoms with Crippen LogP contribution in [0, 0.1) is 0 Å². The third-order valence-corrected chi connectivity index (χ3v) is 0. The van der Waals surface area contributed by atoms with Crippen LogP contribution in [0.3, 0.4) is 0 Å². The zero-order valence-electron chi connectivity index (χ0n) is 4.83. The molecule has 0 atom stereocenters. The van der Waals surface area contributed by atoms with Crippen molar-refractivity contribution < 1.29 is 32.4 Å². The zero-order chi connectivity index (χ0) is 4.50. The average Bonchev–Trinajstić information content (AvgIpc) is 0.722. The predicted molar refractivity (Wildman–Crippen MR) is 13.8 cm³/mol. The molecule has 0 radical (unpaired) electrons. The van der Waals surface area contributed by atoms with Gasteiger partial charge in [-0.15, -0.1) is 0 Å². The minimum atomic E-state index is -5.25. The molecule has 0 spiro atoms. The van der Waals surface area contributed by atoms with E-state index in [2.05, 4.69) is 0 Å². The van der Waals surface area contributed by atoms with Crippen LogP contribution in [0.4, 0.5) is 0 Å². The third-order valence-electron chi connectivity index (χ3n) is 0. The van der Waals surface area contributed by atoms with Gasteiger partial charge in [0.15, 0.2) is 0 Å². The van der Waals surface area contributed by atoms with Gasteiger partial charge >= 0.3 is 52.6 Å². The van der Waals surface area contributed by atoms with Crippen molar-refractivity contribution in [2.75, 3.05) is 0 Å². The van der Waals surface area contributed by atoms with Gasteiger partial charge in [0, 0.05) is 0 Å². The molecule has 0 aliphatic rings. The van der Waals surface area contributed by atoms with Gasteiger partial charge < -0.3 is 2.85 Å². The quantitative estimate of drug-likeness (QED) is 0.405. The van der Waals surface area contributed by atoms with Gasteiger partial charge in [-0.05, 0) is 0 Å². The summed E-state index contributed by atoms with van der Waals surface area (Å²) in [5, 5.41) is 0. The second-order valence-electron chi connectivity index (χ2n) is 0.448. The maximum absolute atomic E-state index is 8.82. The van der Waals surface area contributed by atoms with Crippen LogP contribution in [-0.4, -0.2) is 31.4 Å². The molecule has 0 saturated carbocycles. The Kier molecular flexibility index (Phi) is 4.82. The number of rotatable bonds is 0. The van der Waals surface area contributed by atoms with Gasteiger partial charge in [0.2, 0.25) is 0 Å². The predicted octanol–water partition coefficient (Wildman–Crippen LogP) is -1.51. The molecule has 36 valence electrons. The third kappa shape index (κ3) is 105. The summed E-state index contributed by atoms with van der Waals surface area (Å²) < 4.78 is 31.9. The van der Waals surface area contributed by atoms with Crippen LogP contribution in [0.25, 0.3) is 0 Å². The van der Waals surface area contributed by atoms with Crippen molar-refractivity contribution in [3.8, 4) is 0 Å². The fourth-order valence-corrected chi connectivity index (χ4v) is 0. The van der Waals surface area contributed by atoms with Gasteiger partial charge in [-0.25, -0.2) is 0 Å². The van der Waals surface area contributed by atoms with Crippen molar-refractivity contribution >= 4 is 23.1 Å². The summed E-state index contributed by atoms with van der Waals surface area (Å²) in [6.45, 7) is 0. The van der Waals surface area contributed by atoms with Crippen LogP contribution < -0.4 is 0 Å². The van der Waals surface area contributed by atoms with Gasteiger partial charge in [0.25, 0.3) is 0 Å². The van der Waals surface area contributed by atoms with E-state index in [1.54, 1.807) is 0 Å². The zero-order valence-corrected chi connectivity index (χ0v) is 5.52. The molecule has 4 nitrogen and oxygen atoms in total. The Morgan fingerprint density at radius 2 is 1.33 bits per heavy atom. The van der Waals surface area contributed by atoms with Crippen LogP contribution >= 0.6 is 0 Å². The fourth-order valence-electron chi connectivity index (χ4n) is 0. The molecule has 0 aliphatic heterocycles. The molecule has 0 aromatic carbocycles. The molecule has 0 aliphatic carbocycles. The Bertz CT molecular complexity index is 97.2. The molecule has 0 aromatic heterocycles. The first-order valence-electron chi connectivity index (χ1n) is 0.698. The summed E-state index contributed by atoms with van der Waals surface area (Å²) in [4.78, 5) is 0. The van der Waals surface area contributed by atoms with Gasteiger partial charge in [0.1, 0.15) is 0 Å². The number of hydrogen-bond acceptors (Lipinski definition) is 2. The van der Waals surface area contributed by atoms with Gasteiger partial charge in [-0.1, -0.05) is 0 Å². The van der Waals surface area contributed by atoms with Gasteiger partial charge in [0.05, 0.1) is 0 Å². The summed E-state index contributed by atoms with van der Waals surface area (Å²) in [7, 11) is 0. The van der Waals surface area contributed by atoms with Crippen molar-refractivity contribution in [1.29, 1.82) is 0 Å². The Morgan fingerprint density at radius 3 is 1.33 bits per heavy atom. The second kappa shape index (κ2) is 2.91. The van der Waals surface area contributed by atoms with Crippen LogP contribution in [0.1, 0.15) is 2.85 Å². The Labute approximate surface area is 55.7 Å². The van der Waals surface area contributed by atoms with Crippen LogP contribution in [-0.2, 0) is 21.2 Å². The first-order chi connectivity index (χ1) is 2.00. The van der Waals surface area contributed by atoms with Crippen LogP contribution in [0.2, 0.25) is 0 Å². The van der Waals surface area contributed by atoms with Crippen LogP contribution in [0.15, 0.2) is 0 Å². The Balaban J connectivity index is -0.0000000267. The summed E-state index contributed by atoms with van der Waals surface area (Å²) in [5.74, 6) is 0. The molecule has 2 N–H and O–H groups in total. The number of hydrogen-bond donors (Lipinski definition) is 2. The van der Waals surface area contributed by atoms with Gasteiger partial charge in [-0.3, -0.25) is 0 Å². The molecule has 6 heteroatoms. The average molecular weight is 144 g/mol. The molecule has 0 heterocycles. The summed E-state index contributed by atoms with van der Waals surface area (Å²) in [6, 6.07) is 0. The standard InChI is InChI=1S/Cr.Mg.2H2O.2O.2H/h;;2*1H2;;;;/q2*+2;;;;;2*-1/p-2. The molecule has 0 fully saturated rings. The van der Waals surface area contributed by atoms with E-state index in [1.807, 2.05) is 0 Å². The molecule has 0 bridgehead atoms. The molecule has 0 amide bonds. The second-order valence-corrected chi connectivity index (χ2v) is 1.85. The first kappa shape index (κ1) is 9.94. The molecule has 0 unspecified atom stereocenters. The monoisotopic (exact) mass is 144 g/mol. The van der Waals surface area contributed by atoms with E-state index in [0.29, 0.717) is 0 Å². The molecule has 0 rings (SSSR count).